The molecule has 0 bridgehead atoms. The summed E-state index contributed by atoms with van der Waals surface area (Å²) in [5.41, 5.74) is 6.40. The van der Waals surface area contributed by atoms with Crippen LogP contribution in [-0.2, 0) is 19.7 Å². The van der Waals surface area contributed by atoms with E-state index in [1.807, 2.05) is 12.1 Å². The maximum absolute atomic E-state index is 6.32. The lowest BCUT2D eigenvalue weighted by molar-refractivity contribution is -0.210. The first-order valence-corrected chi connectivity index (χ1v) is 9.12. The number of rotatable bonds is 0. The van der Waals surface area contributed by atoms with Crippen molar-refractivity contribution in [1.29, 1.82) is 0 Å². The summed E-state index contributed by atoms with van der Waals surface area (Å²) in [7, 11) is 0. The van der Waals surface area contributed by atoms with E-state index in [4.69, 9.17) is 29.7 Å². The van der Waals surface area contributed by atoms with Crippen molar-refractivity contribution in [2.24, 2.45) is 16.6 Å². The van der Waals surface area contributed by atoms with Crippen LogP contribution in [0, 0.1) is 5.92 Å². The van der Waals surface area contributed by atoms with E-state index in [0.717, 1.165) is 35.0 Å². The first-order chi connectivity index (χ1) is 11.6. The largest absolute Gasteiger partial charge is 0.490 e. The minimum Gasteiger partial charge on any atom is -0.490 e. The molecule has 3 heterocycles. The Morgan fingerprint density at radius 2 is 2.08 bits per heavy atom. The first-order valence-electron chi connectivity index (χ1n) is 8.33. The maximum atomic E-state index is 6.32. The zero-order chi connectivity index (χ0) is 16.4. The topological polar surface area (TPSA) is 75.3 Å². The number of halogens is 1. The predicted octanol–water partition coefficient (Wildman–Crippen LogP) is 2.29. The quantitative estimate of drug-likeness (QED) is 0.730. The average molecular weight is 395 g/mol. The summed E-state index contributed by atoms with van der Waals surface area (Å²) < 4.78 is 24.9. The number of ether oxygens (including phenoxy) is 4. The predicted molar refractivity (Wildman–Crippen MR) is 89.8 cm³/mol. The number of hydrogen-bond donors (Lipinski definition) is 1. The third kappa shape index (κ3) is 2.04. The van der Waals surface area contributed by atoms with E-state index in [1.54, 1.807) is 0 Å². The van der Waals surface area contributed by atoms with E-state index in [0.29, 0.717) is 19.8 Å². The van der Waals surface area contributed by atoms with Crippen molar-refractivity contribution in [1.82, 2.24) is 0 Å². The third-order valence-corrected chi connectivity index (χ3v) is 6.15. The maximum Gasteiger partial charge on any atom is 0.283 e. The van der Waals surface area contributed by atoms with Crippen LogP contribution in [-0.4, -0.2) is 37.7 Å². The molecular formula is C17H19BrN2O4. The van der Waals surface area contributed by atoms with Gasteiger partial charge in [-0.05, 0) is 24.6 Å². The van der Waals surface area contributed by atoms with Gasteiger partial charge >= 0.3 is 0 Å². The molecule has 2 spiro atoms. The minimum absolute atomic E-state index is 0.0651. The highest BCUT2D eigenvalue weighted by Gasteiger charge is 2.59. The highest BCUT2D eigenvalue weighted by atomic mass is 79.9. The van der Waals surface area contributed by atoms with Crippen LogP contribution in [0.2, 0.25) is 0 Å². The molecule has 24 heavy (non-hydrogen) atoms. The molecule has 0 amide bonds. The Balaban J connectivity index is 1.63. The Bertz CT molecular complexity index is 719. The number of aliphatic imine (C=N–C) groups is 1. The number of amidine groups is 1. The first kappa shape index (κ1) is 15.0. The molecule has 7 heteroatoms. The van der Waals surface area contributed by atoms with E-state index in [2.05, 4.69) is 22.0 Å². The van der Waals surface area contributed by atoms with Crippen molar-refractivity contribution in [2.45, 2.75) is 36.7 Å². The number of hydrogen-bond acceptors (Lipinski definition) is 6. The molecule has 1 aromatic rings. The summed E-state index contributed by atoms with van der Waals surface area (Å²) in [6, 6.07) is 6.29. The molecule has 0 radical (unpaired) electrons. The van der Waals surface area contributed by atoms with Crippen LogP contribution in [0.4, 0.5) is 0 Å². The normalized spacial score (nSPS) is 36.0. The highest BCUT2D eigenvalue weighted by Crippen LogP contribution is 2.55. The molecule has 3 aliphatic heterocycles. The number of nitrogens with two attached hydrogens (primary N) is 1. The fourth-order valence-corrected chi connectivity index (χ4v) is 4.95. The smallest absolute Gasteiger partial charge is 0.283 e. The standard InChI is InChI=1S/C17H19BrN2O4/c18-10-1-2-13-11(7-10)17(9-21-15(19)20-17)12-8-16(22-5-6-23-16)4-3-14(12)24-13/h1-2,7,12,14H,3-6,8-9H2,(H2,19,20)/t12-,14-,17?/m0/s1. The Morgan fingerprint density at radius 1 is 1.25 bits per heavy atom. The van der Waals surface area contributed by atoms with Crippen LogP contribution in [0.1, 0.15) is 24.8 Å². The summed E-state index contributed by atoms with van der Waals surface area (Å²) in [6.45, 7) is 1.73. The summed E-state index contributed by atoms with van der Waals surface area (Å²) in [5, 5.41) is 0. The molecule has 1 unspecified atom stereocenters. The average Bonchev–Trinajstić information content (AvgIpc) is 3.18. The molecule has 1 aromatic carbocycles. The molecular weight excluding hydrogens is 376 g/mol. The highest BCUT2D eigenvalue weighted by molar-refractivity contribution is 9.10. The van der Waals surface area contributed by atoms with Gasteiger partial charge in [0.2, 0.25) is 0 Å². The van der Waals surface area contributed by atoms with E-state index in [9.17, 15) is 0 Å². The van der Waals surface area contributed by atoms with Crippen molar-refractivity contribution < 1.29 is 18.9 Å². The lowest BCUT2D eigenvalue weighted by Crippen LogP contribution is -2.55. The second-order valence-electron chi connectivity index (χ2n) is 6.92. The molecule has 3 atom stereocenters. The zero-order valence-electron chi connectivity index (χ0n) is 13.2. The van der Waals surface area contributed by atoms with Crippen molar-refractivity contribution in [3.8, 4) is 5.75 Å². The monoisotopic (exact) mass is 394 g/mol. The van der Waals surface area contributed by atoms with E-state index >= 15 is 0 Å². The molecule has 5 rings (SSSR count). The molecule has 1 aliphatic carbocycles. The lowest BCUT2D eigenvalue weighted by Gasteiger charge is -2.50. The number of benzene rings is 1. The second kappa shape index (κ2) is 5.09. The molecule has 4 aliphatic rings. The lowest BCUT2D eigenvalue weighted by atomic mass is 9.67. The SMILES string of the molecule is NC1=NC2(CO1)c1cc(Br)ccc1O[C@H]1CCC3(C[C@@H]12)OCCO3. The summed E-state index contributed by atoms with van der Waals surface area (Å²) >= 11 is 3.56. The summed E-state index contributed by atoms with van der Waals surface area (Å²) in [4.78, 5) is 4.76. The molecule has 2 fully saturated rings. The minimum atomic E-state index is -0.533. The van der Waals surface area contributed by atoms with Gasteiger partial charge < -0.3 is 24.7 Å². The molecule has 1 saturated heterocycles. The fourth-order valence-electron chi connectivity index (χ4n) is 4.59. The van der Waals surface area contributed by atoms with Gasteiger partial charge in [-0.2, -0.15) is 0 Å². The second-order valence-corrected chi connectivity index (χ2v) is 7.83. The Labute approximate surface area is 148 Å². The van der Waals surface area contributed by atoms with Crippen LogP contribution >= 0.6 is 15.9 Å². The van der Waals surface area contributed by atoms with E-state index < -0.39 is 11.3 Å². The molecule has 2 N–H and O–H groups in total. The Kier molecular flexibility index (Phi) is 3.18. The van der Waals surface area contributed by atoms with Gasteiger partial charge in [0.1, 0.15) is 24.0 Å². The van der Waals surface area contributed by atoms with Crippen LogP contribution < -0.4 is 10.5 Å². The van der Waals surface area contributed by atoms with E-state index in [-0.39, 0.29) is 18.0 Å². The van der Waals surface area contributed by atoms with Crippen molar-refractivity contribution in [2.75, 3.05) is 19.8 Å². The summed E-state index contributed by atoms with van der Waals surface area (Å²) in [5.74, 6) is 0.464. The fraction of sp³-hybridized carbons (Fsp3) is 0.588. The number of nitrogens with zero attached hydrogens (tertiary/aromatic N) is 1. The molecule has 128 valence electrons. The van der Waals surface area contributed by atoms with Crippen LogP contribution in [0.3, 0.4) is 0 Å². The molecule has 6 nitrogen and oxygen atoms in total. The van der Waals surface area contributed by atoms with Gasteiger partial charge in [-0.3, -0.25) is 0 Å². The van der Waals surface area contributed by atoms with Gasteiger partial charge in [0.25, 0.3) is 6.02 Å². The van der Waals surface area contributed by atoms with Crippen LogP contribution in [0.15, 0.2) is 27.7 Å². The third-order valence-electron chi connectivity index (χ3n) is 5.65. The Hall–Kier alpha value is -1.31. The number of fused-ring (bicyclic) bond motifs is 4. The van der Waals surface area contributed by atoms with Crippen molar-refractivity contribution >= 4 is 22.0 Å². The zero-order valence-corrected chi connectivity index (χ0v) is 14.8. The van der Waals surface area contributed by atoms with E-state index in [1.165, 1.54) is 0 Å². The van der Waals surface area contributed by atoms with Gasteiger partial charge in [-0.25, -0.2) is 4.99 Å². The summed E-state index contributed by atoms with van der Waals surface area (Å²) in [6.07, 6.45) is 2.52. The van der Waals surface area contributed by atoms with Gasteiger partial charge in [0, 0.05) is 28.8 Å². The van der Waals surface area contributed by atoms with Crippen LogP contribution in [0.25, 0.3) is 0 Å². The molecule has 0 aromatic heterocycles. The Morgan fingerprint density at radius 3 is 2.83 bits per heavy atom. The van der Waals surface area contributed by atoms with Crippen molar-refractivity contribution in [3.63, 3.8) is 0 Å². The van der Waals surface area contributed by atoms with Crippen molar-refractivity contribution in [3.05, 3.63) is 28.2 Å². The van der Waals surface area contributed by atoms with Gasteiger partial charge in [-0.15, -0.1) is 0 Å². The molecule has 1 saturated carbocycles. The van der Waals surface area contributed by atoms with Gasteiger partial charge in [-0.1, -0.05) is 15.9 Å². The van der Waals surface area contributed by atoms with Gasteiger partial charge in [0.05, 0.1) is 13.2 Å². The van der Waals surface area contributed by atoms with Gasteiger partial charge in [0.15, 0.2) is 5.79 Å². The van der Waals surface area contributed by atoms with Crippen LogP contribution in [0.5, 0.6) is 5.75 Å².